The quantitative estimate of drug-likeness (QED) is 0.388. The molecule has 2 aliphatic rings. The monoisotopic (exact) mass is 500 g/mol. The summed E-state index contributed by atoms with van der Waals surface area (Å²) in [7, 11) is 0. The maximum Gasteiger partial charge on any atom is 0.411 e. The third-order valence-electron chi connectivity index (χ3n) is 6.75. The number of nitrogens with one attached hydrogen (secondary N) is 2. The van der Waals surface area contributed by atoms with Gasteiger partial charge in [0.05, 0.1) is 0 Å². The summed E-state index contributed by atoms with van der Waals surface area (Å²) in [5, 5.41) is 10.3. The Hall–Kier alpha value is -3.17. The Labute approximate surface area is 213 Å². The molecule has 198 valence electrons. The van der Waals surface area contributed by atoms with Crippen LogP contribution in [-0.2, 0) is 20.9 Å². The van der Waals surface area contributed by atoms with E-state index in [9.17, 15) is 14.4 Å². The van der Waals surface area contributed by atoms with E-state index in [0.29, 0.717) is 18.7 Å². The third-order valence-corrected chi connectivity index (χ3v) is 6.75. The molecule has 0 bridgehead atoms. The van der Waals surface area contributed by atoms with Gasteiger partial charge in [-0.3, -0.25) is 24.9 Å². The lowest BCUT2D eigenvalue weighted by molar-refractivity contribution is -0.143. The van der Waals surface area contributed by atoms with Crippen molar-refractivity contribution in [3.63, 3.8) is 0 Å². The molecule has 0 spiro atoms. The van der Waals surface area contributed by atoms with Gasteiger partial charge in [0.1, 0.15) is 29.2 Å². The van der Waals surface area contributed by atoms with E-state index in [0.717, 1.165) is 44.1 Å². The van der Waals surface area contributed by atoms with Crippen LogP contribution >= 0.6 is 0 Å². The number of aromatic nitrogens is 1. The summed E-state index contributed by atoms with van der Waals surface area (Å²) in [5.74, 6) is -0.574. The number of hydrogen-bond donors (Lipinski definition) is 3. The smallest absolute Gasteiger partial charge is 0.411 e. The van der Waals surface area contributed by atoms with Crippen LogP contribution in [0.3, 0.4) is 0 Å². The summed E-state index contributed by atoms with van der Waals surface area (Å²) in [6.45, 7) is 7.94. The van der Waals surface area contributed by atoms with Crippen LogP contribution in [0.2, 0.25) is 0 Å². The summed E-state index contributed by atoms with van der Waals surface area (Å²) in [4.78, 5) is 47.2. The summed E-state index contributed by atoms with van der Waals surface area (Å²) in [5.41, 5.74) is 5.91. The van der Waals surface area contributed by atoms with Crippen molar-refractivity contribution in [2.45, 2.75) is 103 Å². The normalized spacial score (nSPS) is 19.4. The standard InChI is InChI=1S/C26H40N6O4/c1-17(32(19-9-6-5-7-10-19)25(35)36-26(2,3)4)24(34)31-14-8-11-21(31)23(33)30-16-18-12-13-20(22(27)28)29-15-18/h12-13,15,17,19,21H,5-11,14,16H2,1-4H3,(H3,27,28)(H,30,33)/t17-,21+/m1/s1. The molecule has 1 aliphatic carbocycles. The molecule has 36 heavy (non-hydrogen) atoms. The Balaban J connectivity index is 1.68. The average Bonchev–Trinajstić information content (AvgIpc) is 3.32. The molecule has 10 nitrogen and oxygen atoms in total. The number of carbonyl (C=O) groups is 3. The molecule has 1 saturated carbocycles. The number of nitrogen functional groups attached to an aromatic ring is 1. The predicted molar refractivity (Wildman–Crippen MR) is 136 cm³/mol. The van der Waals surface area contributed by atoms with E-state index in [1.807, 2.05) is 20.8 Å². The Morgan fingerprint density at radius 1 is 1.19 bits per heavy atom. The number of ether oxygens (including phenoxy) is 1. The van der Waals surface area contributed by atoms with Crippen molar-refractivity contribution in [2.24, 2.45) is 5.73 Å². The van der Waals surface area contributed by atoms with Gasteiger partial charge in [0.2, 0.25) is 11.8 Å². The van der Waals surface area contributed by atoms with Crippen LogP contribution in [0.1, 0.15) is 83.9 Å². The fraction of sp³-hybridized carbons (Fsp3) is 0.654. The second-order valence-electron chi connectivity index (χ2n) is 10.7. The molecule has 0 aromatic carbocycles. The number of amides is 3. The SMILES string of the molecule is C[C@H](C(=O)N1CCC[C@H]1C(=O)NCc1ccc(C(=N)N)nc1)N(C(=O)OC(C)(C)C)C1CCCCC1. The van der Waals surface area contributed by atoms with E-state index < -0.39 is 23.8 Å². The second kappa shape index (κ2) is 11.7. The van der Waals surface area contributed by atoms with Crippen molar-refractivity contribution in [1.29, 1.82) is 5.41 Å². The van der Waals surface area contributed by atoms with Gasteiger partial charge in [-0.05, 0) is 65.0 Å². The number of amidine groups is 1. The van der Waals surface area contributed by atoms with Crippen LogP contribution in [0.25, 0.3) is 0 Å². The van der Waals surface area contributed by atoms with Gasteiger partial charge in [-0.15, -0.1) is 0 Å². The number of rotatable bonds is 7. The van der Waals surface area contributed by atoms with Crippen LogP contribution in [0.5, 0.6) is 0 Å². The van der Waals surface area contributed by atoms with E-state index in [-0.39, 0.29) is 30.2 Å². The number of carbonyl (C=O) groups excluding carboxylic acids is 3. The highest BCUT2D eigenvalue weighted by molar-refractivity contribution is 5.93. The zero-order valence-electron chi connectivity index (χ0n) is 21.9. The Morgan fingerprint density at radius 3 is 2.47 bits per heavy atom. The van der Waals surface area contributed by atoms with E-state index >= 15 is 0 Å². The first-order chi connectivity index (χ1) is 17.0. The summed E-state index contributed by atoms with van der Waals surface area (Å²) in [6.07, 6.45) is 7.24. The van der Waals surface area contributed by atoms with Gasteiger partial charge >= 0.3 is 6.09 Å². The lowest BCUT2D eigenvalue weighted by atomic mass is 9.93. The first-order valence-electron chi connectivity index (χ1n) is 12.9. The Morgan fingerprint density at radius 2 is 1.89 bits per heavy atom. The molecule has 4 N–H and O–H groups in total. The fourth-order valence-corrected chi connectivity index (χ4v) is 4.95. The fourth-order valence-electron chi connectivity index (χ4n) is 4.95. The lowest BCUT2D eigenvalue weighted by Gasteiger charge is -2.40. The molecule has 0 radical (unpaired) electrons. The maximum atomic E-state index is 13.6. The van der Waals surface area contributed by atoms with Crippen molar-refractivity contribution in [2.75, 3.05) is 6.54 Å². The molecule has 2 fully saturated rings. The Kier molecular flexibility index (Phi) is 8.92. The number of hydrogen-bond acceptors (Lipinski definition) is 6. The van der Waals surface area contributed by atoms with Crippen LogP contribution in [0, 0.1) is 5.41 Å². The van der Waals surface area contributed by atoms with Gasteiger partial charge in [0.25, 0.3) is 0 Å². The van der Waals surface area contributed by atoms with E-state index in [1.165, 1.54) is 0 Å². The largest absolute Gasteiger partial charge is 0.444 e. The molecule has 1 aromatic heterocycles. The average molecular weight is 501 g/mol. The minimum atomic E-state index is -0.723. The van der Waals surface area contributed by atoms with E-state index in [1.54, 1.807) is 35.1 Å². The minimum absolute atomic E-state index is 0.0482. The molecule has 0 unspecified atom stereocenters. The first-order valence-corrected chi connectivity index (χ1v) is 12.9. The minimum Gasteiger partial charge on any atom is -0.444 e. The summed E-state index contributed by atoms with van der Waals surface area (Å²) in [6, 6.07) is 2.03. The molecule has 1 saturated heterocycles. The molecule has 1 aromatic rings. The van der Waals surface area contributed by atoms with E-state index in [4.69, 9.17) is 15.9 Å². The molecule has 10 heteroatoms. The van der Waals surface area contributed by atoms with Gasteiger partial charge < -0.3 is 20.7 Å². The van der Waals surface area contributed by atoms with Gasteiger partial charge in [-0.1, -0.05) is 25.3 Å². The highest BCUT2D eigenvalue weighted by Crippen LogP contribution is 2.28. The zero-order valence-corrected chi connectivity index (χ0v) is 21.9. The van der Waals surface area contributed by atoms with Crippen LogP contribution in [-0.4, -0.2) is 68.8 Å². The van der Waals surface area contributed by atoms with Crippen molar-refractivity contribution in [3.8, 4) is 0 Å². The maximum absolute atomic E-state index is 13.6. The molecule has 1 aliphatic heterocycles. The number of pyridine rings is 1. The molecule has 3 rings (SSSR count). The Bertz CT molecular complexity index is 952. The van der Waals surface area contributed by atoms with E-state index in [2.05, 4.69) is 10.3 Å². The summed E-state index contributed by atoms with van der Waals surface area (Å²) < 4.78 is 5.68. The zero-order chi connectivity index (χ0) is 26.5. The van der Waals surface area contributed by atoms with Crippen LogP contribution in [0.15, 0.2) is 18.3 Å². The summed E-state index contributed by atoms with van der Waals surface area (Å²) >= 11 is 0. The molecular weight excluding hydrogens is 460 g/mol. The van der Waals surface area contributed by atoms with Gasteiger partial charge in [-0.25, -0.2) is 4.79 Å². The highest BCUT2D eigenvalue weighted by atomic mass is 16.6. The van der Waals surface area contributed by atoms with Crippen LogP contribution in [0.4, 0.5) is 4.79 Å². The predicted octanol–water partition coefficient (Wildman–Crippen LogP) is 2.93. The number of likely N-dealkylation sites (tertiary alicyclic amines) is 1. The van der Waals surface area contributed by atoms with Crippen molar-refractivity contribution >= 4 is 23.7 Å². The lowest BCUT2D eigenvalue weighted by Crippen LogP contribution is -2.57. The second-order valence-corrected chi connectivity index (χ2v) is 10.7. The molecule has 3 amide bonds. The molecule has 2 atom stereocenters. The topological polar surface area (TPSA) is 142 Å². The molecular formula is C26H40N6O4. The van der Waals surface area contributed by atoms with Crippen molar-refractivity contribution in [1.82, 2.24) is 20.1 Å². The number of nitrogens with zero attached hydrogens (tertiary/aromatic N) is 3. The van der Waals surface area contributed by atoms with Crippen molar-refractivity contribution in [3.05, 3.63) is 29.6 Å². The van der Waals surface area contributed by atoms with Crippen LogP contribution < -0.4 is 11.1 Å². The number of nitrogens with two attached hydrogens (primary N) is 1. The van der Waals surface area contributed by atoms with Crippen molar-refractivity contribution < 1.29 is 19.1 Å². The third kappa shape index (κ3) is 6.95. The van der Waals surface area contributed by atoms with Gasteiger partial charge in [-0.2, -0.15) is 0 Å². The highest BCUT2D eigenvalue weighted by Gasteiger charge is 2.41. The first kappa shape index (κ1) is 27.4. The van der Waals surface area contributed by atoms with Gasteiger partial charge in [0, 0.05) is 25.3 Å². The van der Waals surface area contributed by atoms with Gasteiger partial charge in [0.15, 0.2) is 0 Å². The molecule has 2 heterocycles.